The number of aryl methyl sites for hydroxylation is 1. The number of hydrogen-bond donors (Lipinski definition) is 1. The zero-order valence-corrected chi connectivity index (χ0v) is 10.1. The quantitative estimate of drug-likeness (QED) is 0.806. The molecule has 1 fully saturated rings. The van der Waals surface area contributed by atoms with Gasteiger partial charge in [-0.1, -0.05) is 0 Å². The molecule has 2 rings (SSSR count). The van der Waals surface area contributed by atoms with E-state index in [0.29, 0.717) is 12.5 Å². The number of carbonyl (C=O) groups is 1. The zero-order chi connectivity index (χ0) is 12.6. The molecule has 0 unspecified atom stereocenters. The lowest BCUT2D eigenvalue weighted by molar-refractivity contribution is 0.0448. The summed E-state index contributed by atoms with van der Waals surface area (Å²) in [6.07, 6.45) is 2.12. The molecule has 0 amide bonds. The Kier molecular flexibility index (Phi) is 2.96. The summed E-state index contributed by atoms with van der Waals surface area (Å²) in [5.41, 5.74) is 0. The predicted octanol–water partition coefficient (Wildman–Crippen LogP) is 0.802. The van der Waals surface area contributed by atoms with E-state index in [9.17, 15) is 13.2 Å². The lowest BCUT2D eigenvalue weighted by Gasteiger charge is -1.99. The Balaban J connectivity index is 2.13. The smallest absolute Gasteiger partial charge is 0.374 e. The highest BCUT2D eigenvalue weighted by Crippen LogP contribution is 2.29. The number of primary sulfonamides is 1. The second-order valence-corrected chi connectivity index (χ2v) is 5.65. The van der Waals surface area contributed by atoms with E-state index < -0.39 is 16.0 Å². The molecule has 1 aliphatic carbocycles. The molecule has 1 heterocycles. The van der Waals surface area contributed by atoms with Crippen molar-refractivity contribution in [1.29, 1.82) is 0 Å². The van der Waals surface area contributed by atoms with E-state index in [0.717, 1.165) is 18.9 Å². The van der Waals surface area contributed by atoms with Gasteiger partial charge < -0.3 is 9.15 Å². The lowest BCUT2D eigenvalue weighted by atomic mass is 10.4. The summed E-state index contributed by atoms with van der Waals surface area (Å²) >= 11 is 0. The molecule has 94 valence electrons. The van der Waals surface area contributed by atoms with Crippen LogP contribution in [0.2, 0.25) is 0 Å². The van der Waals surface area contributed by atoms with Crippen LogP contribution in [-0.4, -0.2) is 21.0 Å². The van der Waals surface area contributed by atoms with Crippen LogP contribution in [0.3, 0.4) is 0 Å². The molecule has 0 atom stereocenters. The Hall–Kier alpha value is -1.34. The van der Waals surface area contributed by atoms with Gasteiger partial charge >= 0.3 is 5.97 Å². The number of hydrogen-bond acceptors (Lipinski definition) is 5. The maximum Gasteiger partial charge on any atom is 0.374 e. The van der Waals surface area contributed by atoms with E-state index in [1.807, 2.05) is 0 Å². The molecule has 1 aliphatic rings. The lowest BCUT2D eigenvalue weighted by Crippen LogP contribution is -2.12. The monoisotopic (exact) mass is 259 g/mol. The first-order chi connectivity index (χ1) is 7.88. The van der Waals surface area contributed by atoms with Crippen molar-refractivity contribution < 1.29 is 22.4 Å². The van der Waals surface area contributed by atoms with Crippen LogP contribution in [-0.2, 0) is 14.8 Å². The second kappa shape index (κ2) is 4.15. The van der Waals surface area contributed by atoms with E-state index in [4.69, 9.17) is 14.3 Å². The van der Waals surface area contributed by atoms with Crippen LogP contribution in [0.15, 0.2) is 15.4 Å². The van der Waals surface area contributed by atoms with Gasteiger partial charge in [0.2, 0.25) is 15.8 Å². The summed E-state index contributed by atoms with van der Waals surface area (Å²) in [5, 5.41) is 4.96. The van der Waals surface area contributed by atoms with Crippen molar-refractivity contribution in [3.8, 4) is 0 Å². The Bertz CT molecular complexity index is 541. The molecule has 0 spiro atoms. The molecule has 0 bridgehead atoms. The molecule has 7 heteroatoms. The van der Waals surface area contributed by atoms with Gasteiger partial charge in [-0.3, -0.25) is 0 Å². The minimum Gasteiger partial charge on any atom is -0.460 e. The van der Waals surface area contributed by atoms with Crippen molar-refractivity contribution in [1.82, 2.24) is 0 Å². The maximum absolute atomic E-state index is 11.5. The number of ether oxygens (including phenoxy) is 1. The molecule has 2 N–H and O–H groups in total. The summed E-state index contributed by atoms with van der Waals surface area (Å²) in [6, 6.07) is 1.10. The fraction of sp³-hybridized carbons (Fsp3) is 0.500. The number of nitrogens with two attached hydrogens (primary N) is 1. The SMILES string of the molecule is Cc1oc(C(=O)OCC2CC2)cc1S(N)(=O)=O. The van der Waals surface area contributed by atoms with Crippen LogP contribution in [0.4, 0.5) is 0 Å². The molecule has 17 heavy (non-hydrogen) atoms. The van der Waals surface area contributed by atoms with Crippen molar-refractivity contribution in [3.05, 3.63) is 17.6 Å². The first-order valence-corrected chi connectivity index (χ1v) is 6.73. The minimum absolute atomic E-state index is 0.0888. The van der Waals surface area contributed by atoms with Gasteiger partial charge in [0.1, 0.15) is 10.7 Å². The van der Waals surface area contributed by atoms with Gasteiger partial charge in [-0.2, -0.15) is 0 Å². The van der Waals surface area contributed by atoms with Gasteiger partial charge in [0.25, 0.3) is 0 Å². The molecule has 0 saturated heterocycles. The predicted molar refractivity (Wildman–Crippen MR) is 57.8 cm³/mol. The van der Waals surface area contributed by atoms with E-state index >= 15 is 0 Å². The third-order valence-corrected chi connectivity index (χ3v) is 3.55. The van der Waals surface area contributed by atoms with Crippen molar-refractivity contribution in [3.63, 3.8) is 0 Å². The molecule has 1 aromatic heterocycles. The van der Waals surface area contributed by atoms with Gasteiger partial charge in [-0.05, 0) is 25.7 Å². The van der Waals surface area contributed by atoms with Crippen molar-refractivity contribution >= 4 is 16.0 Å². The average Bonchev–Trinajstić information content (AvgIpc) is 2.95. The fourth-order valence-corrected chi connectivity index (χ4v) is 2.11. The summed E-state index contributed by atoms with van der Waals surface area (Å²) in [7, 11) is -3.87. The Morgan fingerprint density at radius 2 is 2.24 bits per heavy atom. The van der Waals surface area contributed by atoms with Crippen LogP contribution in [0.25, 0.3) is 0 Å². The van der Waals surface area contributed by atoms with Crippen LogP contribution >= 0.6 is 0 Å². The first kappa shape index (κ1) is 12.1. The Labute approximate surface area is 98.8 Å². The largest absolute Gasteiger partial charge is 0.460 e. The van der Waals surface area contributed by atoms with Gasteiger partial charge in [0.15, 0.2) is 0 Å². The molecular formula is C10H13NO5S. The molecule has 0 radical (unpaired) electrons. The fourth-order valence-electron chi connectivity index (χ4n) is 1.40. The molecule has 1 aromatic rings. The molecule has 6 nitrogen and oxygen atoms in total. The summed E-state index contributed by atoms with van der Waals surface area (Å²) in [4.78, 5) is 11.3. The van der Waals surface area contributed by atoms with Gasteiger partial charge in [-0.25, -0.2) is 18.4 Å². The van der Waals surface area contributed by atoms with E-state index in [1.165, 1.54) is 6.92 Å². The molecule has 1 saturated carbocycles. The Morgan fingerprint density at radius 3 is 2.71 bits per heavy atom. The van der Waals surface area contributed by atoms with Gasteiger partial charge in [-0.15, -0.1) is 0 Å². The number of carbonyl (C=O) groups excluding carboxylic acids is 1. The zero-order valence-electron chi connectivity index (χ0n) is 9.30. The molecule has 0 aromatic carbocycles. The number of rotatable bonds is 4. The number of sulfonamides is 1. The third-order valence-electron chi connectivity index (χ3n) is 2.53. The third kappa shape index (κ3) is 2.86. The van der Waals surface area contributed by atoms with E-state index in [2.05, 4.69) is 0 Å². The highest BCUT2D eigenvalue weighted by atomic mass is 32.2. The van der Waals surface area contributed by atoms with E-state index in [-0.39, 0.29) is 16.4 Å². The van der Waals surface area contributed by atoms with Gasteiger partial charge in [0.05, 0.1) is 6.61 Å². The molecule has 0 aliphatic heterocycles. The van der Waals surface area contributed by atoms with Crippen molar-refractivity contribution in [2.75, 3.05) is 6.61 Å². The topological polar surface area (TPSA) is 99.6 Å². The van der Waals surface area contributed by atoms with Crippen molar-refractivity contribution in [2.45, 2.75) is 24.7 Å². The first-order valence-electron chi connectivity index (χ1n) is 5.18. The highest BCUT2D eigenvalue weighted by molar-refractivity contribution is 7.89. The van der Waals surface area contributed by atoms with Crippen LogP contribution in [0.1, 0.15) is 29.2 Å². The number of furan rings is 1. The van der Waals surface area contributed by atoms with Crippen LogP contribution < -0.4 is 5.14 Å². The second-order valence-electron chi connectivity index (χ2n) is 4.12. The summed E-state index contributed by atoms with van der Waals surface area (Å²) in [6.45, 7) is 1.78. The van der Waals surface area contributed by atoms with Crippen LogP contribution in [0, 0.1) is 12.8 Å². The normalized spacial score (nSPS) is 15.9. The molecular weight excluding hydrogens is 246 g/mol. The van der Waals surface area contributed by atoms with Crippen LogP contribution in [0.5, 0.6) is 0 Å². The number of esters is 1. The van der Waals surface area contributed by atoms with Gasteiger partial charge in [0, 0.05) is 6.07 Å². The minimum atomic E-state index is -3.87. The summed E-state index contributed by atoms with van der Waals surface area (Å²) < 4.78 is 32.2. The van der Waals surface area contributed by atoms with Crippen molar-refractivity contribution in [2.24, 2.45) is 11.1 Å². The average molecular weight is 259 g/mol. The Morgan fingerprint density at radius 1 is 1.59 bits per heavy atom. The summed E-state index contributed by atoms with van der Waals surface area (Å²) in [5.74, 6) is -0.263. The maximum atomic E-state index is 11.5. The standard InChI is InChI=1S/C10H13NO5S/c1-6-9(17(11,13)14)4-8(16-6)10(12)15-5-7-2-3-7/h4,7H,2-3,5H2,1H3,(H2,11,13,14). The highest BCUT2D eigenvalue weighted by Gasteiger charge is 2.26. The van der Waals surface area contributed by atoms with E-state index in [1.54, 1.807) is 0 Å².